The Balaban J connectivity index is 1.25. The molecule has 6 aromatic carbocycles. The van der Waals surface area contributed by atoms with Crippen molar-refractivity contribution in [2.45, 2.75) is 0 Å². The van der Waals surface area contributed by atoms with E-state index in [2.05, 4.69) is 166 Å². The Kier molecular flexibility index (Phi) is 7.77. The first-order valence-corrected chi connectivity index (χ1v) is 18.1. The zero-order chi connectivity index (χ0) is 35.8. The number of hydrogen-bond donors (Lipinski definition) is 0. The average Bonchev–Trinajstić information content (AvgIpc) is 3.26. The van der Waals surface area contributed by atoms with Crippen molar-refractivity contribution in [1.29, 1.82) is 0 Å². The molecule has 0 saturated carbocycles. The molecule has 0 N–H and O–H groups in total. The van der Waals surface area contributed by atoms with Crippen LogP contribution in [0.2, 0.25) is 0 Å². The van der Waals surface area contributed by atoms with Crippen molar-refractivity contribution in [3.05, 3.63) is 195 Å². The zero-order valence-electron chi connectivity index (χ0n) is 29.3. The smallest absolute Gasteiger partial charge is 0.0273 e. The van der Waals surface area contributed by atoms with Crippen molar-refractivity contribution in [2.24, 2.45) is 0 Å². The van der Waals surface area contributed by atoms with Gasteiger partial charge in [-0.05, 0) is 196 Å². The molecule has 0 aliphatic rings. The SMILES string of the molecule is c1ccc2c(c1)c(-c1cc(-c3ccncc3)cc(-c3ccncc3)c1)cc1c3ccccc3c(-c3cc(-c4ccncc4)cc(-c4ccncc4)c3)cc21. The number of fused-ring (bicyclic) bond motifs is 5. The maximum atomic E-state index is 4.29. The lowest BCUT2D eigenvalue weighted by Gasteiger charge is -2.18. The van der Waals surface area contributed by atoms with Gasteiger partial charge < -0.3 is 0 Å². The molecule has 4 heteroatoms. The van der Waals surface area contributed by atoms with Crippen LogP contribution in [0.5, 0.6) is 0 Å². The summed E-state index contributed by atoms with van der Waals surface area (Å²) in [6.45, 7) is 0. The van der Waals surface area contributed by atoms with Crippen LogP contribution in [0, 0.1) is 0 Å². The molecule has 0 spiro atoms. The molecule has 0 aliphatic heterocycles. The molecule has 0 unspecified atom stereocenters. The minimum atomic E-state index is 1.13. The Morgan fingerprint density at radius 2 is 0.463 bits per heavy atom. The molecule has 10 aromatic rings. The second-order valence-corrected chi connectivity index (χ2v) is 13.6. The molecule has 0 radical (unpaired) electrons. The van der Waals surface area contributed by atoms with E-state index in [1.807, 2.05) is 49.6 Å². The third-order valence-corrected chi connectivity index (χ3v) is 10.4. The maximum absolute atomic E-state index is 4.29. The van der Waals surface area contributed by atoms with E-state index in [-0.39, 0.29) is 0 Å². The van der Waals surface area contributed by atoms with Crippen molar-refractivity contribution in [2.75, 3.05) is 0 Å². The summed E-state index contributed by atoms with van der Waals surface area (Å²) in [6.07, 6.45) is 14.9. The Morgan fingerprint density at radius 3 is 0.759 bits per heavy atom. The van der Waals surface area contributed by atoms with Crippen molar-refractivity contribution >= 4 is 32.3 Å². The predicted molar refractivity (Wildman–Crippen MR) is 223 cm³/mol. The van der Waals surface area contributed by atoms with Gasteiger partial charge in [0.2, 0.25) is 0 Å². The van der Waals surface area contributed by atoms with E-state index in [0.29, 0.717) is 0 Å². The van der Waals surface area contributed by atoms with Crippen LogP contribution in [-0.2, 0) is 0 Å². The van der Waals surface area contributed by atoms with Crippen molar-refractivity contribution in [1.82, 2.24) is 19.9 Å². The fourth-order valence-electron chi connectivity index (χ4n) is 7.84. The van der Waals surface area contributed by atoms with Gasteiger partial charge in [0.25, 0.3) is 0 Å². The number of hydrogen-bond acceptors (Lipinski definition) is 4. The van der Waals surface area contributed by atoms with Gasteiger partial charge >= 0.3 is 0 Å². The minimum absolute atomic E-state index is 1.13. The molecule has 4 aromatic heterocycles. The second kappa shape index (κ2) is 13.4. The standard InChI is InChI=1S/C50H32N4/c1-3-7-45-43(5-1)47(41-27-37(33-9-17-51-18-10-33)25-38(28-41)34-11-19-52-20-12-34)31-50-46-8-4-2-6-44(46)48(32-49(45)50)42-29-39(35-13-21-53-22-14-35)26-40(30-42)36-15-23-54-24-16-36/h1-32H. The van der Waals surface area contributed by atoms with Crippen LogP contribution in [-0.4, -0.2) is 19.9 Å². The van der Waals surface area contributed by atoms with Crippen LogP contribution in [0.25, 0.3) is 99.1 Å². The molecule has 10 rings (SSSR count). The summed E-state index contributed by atoms with van der Waals surface area (Å²) in [5, 5.41) is 7.31. The van der Waals surface area contributed by atoms with E-state index in [0.717, 1.165) is 55.6 Å². The van der Waals surface area contributed by atoms with Crippen LogP contribution in [0.4, 0.5) is 0 Å². The van der Waals surface area contributed by atoms with E-state index in [4.69, 9.17) is 0 Å². The summed E-state index contributed by atoms with van der Waals surface area (Å²) in [5.74, 6) is 0. The zero-order valence-corrected chi connectivity index (χ0v) is 29.3. The first-order valence-electron chi connectivity index (χ1n) is 18.1. The number of rotatable bonds is 6. The monoisotopic (exact) mass is 688 g/mol. The van der Waals surface area contributed by atoms with Gasteiger partial charge in [-0.15, -0.1) is 0 Å². The van der Waals surface area contributed by atoms with Crippen LogP contribution in [0.3, 0.4) is 0 Å². The molecule has 0 fully saturated rings. The Labute approximate surface area is 313 Å². The molecule has 0 amide bonds. The molecule has 252 valence electrons. The molecular weight excluding hydrogens is 657 g/mol. The highest BCUT2D eigenvalue weighted by Crippen LogP contribution is 2.44. The van der Waals surface area contributed by atoms with Crippen LogP contribution in [0.1, 0.15) is 0 Å². The van der Waals surface area contributed by atoms with Gasteiger partial charge in [-0.3, -0.25) is 19.9 Å². The number of benzene rings is 6. The highest BCUT2D eigenvalue weighted by atomic mass is 14.6. The summed E-state index contributed by atoms with van der Waals surface area (Å²) >= 11 is 0. The molecule has 0 bridgehead atoms. The van der Waals surface area contributed by atoms with Crippen molar-refractivity contribution in [3.8, 4) is 66.8 Å². The van der Waals surface area contributed by atoms with Gasteiger partial charge in [0, 0.05) is 49.6 Å². The van der Waals surface area contributed by atoms with E-state index in [9.17, 15) is 0 Å². The topological polar surface area (TPSA) is 51.6 Å². The minimum Gasteiger partial charge on any atom is -0.265 e. The summed E-state index contributed by atoms with van der Waals surface area (Å²) < 4.78 is 0. The molecule has 4 nitrogen and oxygen atoms in total. The maximum Gasteiger partial charge on any atom is 0.0273 e. The number of aromatic nitrogens is 4. The Hall–Kier alpha value is -7.30. The third-order valence-electron chi connectivity index (χ3n) is 10.4. The van der Waals surface area contributed by atoms with Gasteiger partial charge in [0.1, 0.15) is 0 Å². The van der Waals surface area contributed by atoms with Crippen LogP contribution >= 0.6 is 0 Å². The molecule has 0 saturated heterocycles. The molecule has 4 heterocycles. The van der Waals surface area contributed by atoms with Gasteiger partial charge in [0.05, 0.1) is 0 Å². The summed E-state index contributed by atoms with van der Waals surface area (Å²) in [7, 11) is 0. The van der Waals surface area contributed by atoms with Gasteiger partial charge in [0.15, 0.2) is 0 Å². The fourth-order valence-corrected chi connectivity index (χ4v) is 7.84. The van der Waals surface area contributed by atoms with Crippen molar-refractivity contribution < 1.29 is 0 Å². The highest BCUT2D eigenvalue weighted by molar-refractivity contribution is 6.24. The summed E-state index contributed by atoms with van der Waals surface area (Å²) in [4.78, 5) is 17.2. The number of nitrogens with zero attached hydrogens (tertiary/aromatic N) is 4. The van der Waals surface area contributed by atoms with E-state index >= 15 is 0 Å². The van der Waals surface area contributed by atoms with Gasteiger partial charge in [-0.25, -0.2) is 0 Å². The average molecular weight is 689 g/mol. The van der Waals surface area contributed by atoms with Crippen LogP contribution in [0.15, 0.2) is 195 Å². The largest absolute Gasteiger partial charge is 0.265 e. The lowest BCUT2D eigenvalue weighted by Crippen LogP contribution is -1.91. The molecular formula is C50H32N4. The third kappa shape index (κ3) is 5.67. The second-order valence-electron chi connectivity index (χ2n) is 13.6. The van der Waals surface area contributed by atoms with Gasteiger partial charge in [-0.2, -0.15) is 0 Å². The van der Waals surface area contributed by atoms with Crippen LogP contribution < -0.4 is 0 Å². The predicted octanol–water partition coefficient (Wildman–Crippen LogP) is 12.7. The summed E-state index contributed by atoms with van der Waals surface area (Å²) in [5.41, 5.74) is 13.8. The molecule has 0 atom stereocenters. The lowest BCUT2D eigenvalue weighted by atomic mass is 9.85. The lowest BCUT2D eigenvalue weighted by molar-refractivity contribution is 1.33. The first kappa shape index (κ1) is 31.4. The quantitative estimate of drug-likeness (QED) is 0.163. The summed E-state index contributed by atoms with van der Waals surface area (Å²) in [6, 6.07) is 52.9. The molecule has 54 heavy (non-hydrogen) atoms. The van der Waals surface area contributed by atoms with Crippen molar-refractivity contribution in [3.63, 3.8) is 0 Å². The van der Waals surface area contributed by atoms with Gasteiger partial charge in [-0.1, -0.05) is 48.5 Å². The number of pyridine rings is 4. The Bertz CT molecular complexity index is 2640. The molecule has 0 aliphatic carbocycles. The van der Waals surface area contributed by atoms with E-state index in [1.54, 1.807) is 0 Å². The normalized spacial score (nSPS) is 11.3. The highest BCUT2D eigenvalue weighted by Gasteiger charge is 2.17. The first-order chi connectivity index (χ1) is 26.8. The van der Waals surface area contributed by atoms with E-state index < -0.39 is 0 Å². The Morgan fingerprint density at radius 1 is 0.204 bits per heavy atom. The van der Waals surface area contributed by atoms with E-state index in [1.165, 1.54) is 43.4 Å². The fraction of sp³-hybridized carbons (Fsp3) is 0.